The summed E-state index contributed by atoms with van der Waals surface area (Å²) in [5.74, 6) is 0. The van der Waals surface area contributed by atoms with Crippen LogP contribution in [0, 0.1) is 0 Å². The van der Waals surface area contributed by atoms with Crippen molar-refractivity contribution in [3.63, 3.8) is 0 Å². The molecule has 0 aliphatic rings. The summed E-state index contributed by atoms with van der Waals surface area (Å²) in [6.07, 6.45) is 1.80. The van der Waals surface area contributed by atoms with Gasteiger partial charge in [0.15, 0.2) is 0 Å². The van der Waals surface area contributed by atoms with Gasteiger partial charge >= 0.3 is 0 Å². The van der Waals surface area contributed by atoms with Crippen LogP contribution in [0.2, 0.25) is 0 Å². The van der Waals surface area contributed by atoms with Gasteiger partial charge in [0.2, 0.25) is 0 Å². The monoisotopic (exact) mass is 548 g/mol. The van der Waals surface area contributed by atoms with E-state index < -0.39 is 0 Å². The van der Waals surface area contributed by atoms with Crippen LogP contribution in [-0.2, 0) is 0 Å². The molecule has 0 radical (unpaired) electrons. The summed E-state index contributed by atoms with van der Waals surface area (Å²) < 4.78 is 2.37. The van der Waals surface area contributed by atoms with Crippen LogP contribution in [0.15, 0.2) is 146 Å². The summed E-state index contributed by atoms with van der Waals surface area (Å²) in [6, 6.07) is 48.9. The van der Waals surface area contributed by atoms with Gasteiger partial charge in [0.05, 0.1) is 39.0 Å². The van der Waals surface area contributed by atoms with Gasteiger partial charge in [-0.3, -0.25) is 4.98 Å². The fourth-order valence-corrected chi connectivity index (χ4v) is 6.52. The van der Waals surface area contributed by atoms with Crippen LogP contribution < -0.4 is 0 Å². The number of hydrogen-bond donors (Lipinski definition) is 0. The molecule has 0 spiro atoms. The van der Waals surface area contributed by atoms with E-state index in [9.17, 15) is 0 Å². The summed E-state index contributed by atoms with van der Waals surface area (Å²) in [6.45, 7) is 0. The van der Waals surface area contributed by atoms with E-state index in [-0.39, 0.29) is 0 Å². The third kappa shape index (κ3) is 3.67. The van der Waals surface area contributed by atoms with Gasteiger partial charge in [-0.1, -0.05) is 78.9 Å². The lowest BCUT2D eigenvalue weighted by Gasteiger charge is -2.13. The number of benzene rings is 5. The van der Waals surface area contributed by atoms with Crippen molar-refractivity contribution >= 4 is 54.5 Å². The van der Waals surface area contributed by atoms with E-state index in [1.807, 2.05) is 24.3 Å². The number of fused-ring (bicyclic) bond motifs is 8. The van der Waals surface area contributed by atoms with Gasteiger partial charge in [-0.2, -0.15) is 0 Å². The Labute approximate surface area is 247 Å². The summed E-state index contributed by atoms with van der Waals surface area (Å²) in [5.41, 5.74) is 10.3. The van der Waals surface area contributed by atoms with Crippen LogP contribution in [0.3, 0.4) is 0 Å². The first-order chi connectivity index (χ1) is 21.3. The molecule has 4 heterocycles. The zero-order chi connectivity index (χ0) is 28.3. The zero-order valence-electron chi connectivity index (χ0n) is 23.1. The minimum Gasteiger partial charge on any atom is -0.309 e. The number of pyridine rings is 3. The van der Waals surface area contributed by atoms with Crippen molar-refractivity contribution in [1.82, 2.24) is 19.5 Å². The molecular weight excluding hydrogens is 524 g/mol. The summed E-state index contributed by atoms with van der Waals surface area (Å²) >= 11 is 0. The van der Waals surface area contributed by atoms with Gasteiger partial charge < -0.3 is 4.57 Å². The van der Waals surface area contributed by atoms with E-state index in [0.717, 1.165) is 55.5 Å². The Bertz CT molecular complexity index is 2510. The predicted molar refractivity (Wildman–Crippen MR) is 178 cm³/mol. The molecule has 4 nitrogen and oxygen atoms in total. The van der Waals surface area contributed by atoms with Gasteiger partial charge in [-0.05, 0) is 60.7 Å². The molecule has 0 bridgehead atoms. The molecular formula is C39H24N4. The van der Waals surface area contributed by atoms with Gasteiger partial charge in [-0.15, -0.1) is 0 Å². The second-order valence-electron chi connectivity index (χ2n) is 10.9. The van der Waals surface area contributed by atoms with Crippen LogP contribution in [0.5, 0.6) is 0 Å². The van der Waals surface area contributed by atoms with Gasteiger partial charge in [0.25, 0.3) is 0 Å². The lowest BCUT2D eigenvalue weighted by molar-refractivity contribution is 1.18. The van der Waals surface area contributed by atoms with Crippen molar-refractivity contribution in [3.8, 4) is 28.2 Å². The molecule has 0 unspecified atom stereocenters. The van der Waals surface area contributed by atoms with Crippen LogP contribution >= 0.6 is 0 Å². The summed E-state index contributed by atoms with van der Waals surface area (Å²) in [5, 5.41) is 6.00. The Morgan fingerprint density at radius 3 is 2.16 bits per heavy atom. The number of rotatable bonds is 3. The Morgan fingerprint density at radius 1 is 0.442 bits per heavy atom. The highest BCUT2D eigenvalue weighted by atomic mass is 15.0. The Kier molecular flexibility index (Phi) is 5.16. The molecule has 0 amide bonds. The van der Waals surface area contributed by atoms with Crippen molar-refractivity contribution in [2.45, 2.75) is 0 Å². The van der Waals surface area contributed by atoms with Crippen LogP contribution in [0.4, 0.5) is 0 Å². The average molecular weight is 549 g/mol. The Morgan fingerprint density at radius 2 is 1.23 bits per heavy atom. The van der Waals surface area contributed by atoms with E-state index in [1.165, 1.54) is 27.2 Å². The zero-order valence-corrected chi connectivity index (χ0v) is 23.1. The molecule has 9 rings (SSSR count). The molecule has 5 aromatic carbocycles. The molecule has 4 aromatic heterocycles. The second-order valence-corrected chi connectivity index (χ2v) is 10.9. The topological polar surface area (TPSA) is 43.6 Å². The third-order valence-corrected chi connectivity index (χ3v) is 8.40. The maximum Gasteiger partial charge on any atom is 0.0894 e. The highest BCUT2D eigenvalue weighted by Crippen LogP contribution is 2.42. The molecule has 43 heavy (non-hydrogen) atoms. The normalized spacial score (nSPS) is 11.7. The first kappa shape index (κ1) is 23.8. The minimum absolute atomic E-state index is 0.886. The van der Waals surface area contributed by atoms with Gasteiger partial charge in [0, 0.05) is 49.9 Å². The standard InChI is InChI=1S/C39H24N4/c1-2-12-27(13-3-1)43-35-18-7-5-15-29(35)38-36(43)22-19-30-37(38)28-14-4-6-16-32(28)42-39(30)26-11-8-10-25(24-26)31-20-21-33-34(41-31)17-9-23-40-33/h1-24H. The number of hydrogen-bond acceptors (Lipinski definition) is 3. The molecule has 0 fully saturated rings. The van der Waals surface area contributed by atoms with Crippen molar-refractivity contribution in [2.75, 3.05) is 0 Å². The van der Waals surface area contributed by atoms with Crippen molar-refractivity contribution in [2.24, 2.45) is 0 Å². The number of aromatic nitrogens is 4. The van der Waals surface area contributed by atoms with Gasteiger partial charge in [0.1, 0.15) is 0 Å². The lowest BCUT2D eigenvalue weighted by atomic mass is 9.95. The van der Waals surface area contributed by atoms with Gasteiger partial charge in [-0.25, -0.2) is 9.97 Å². The molecule has 9 aromatic rings. The van der Waals surface area contributed by atoms with Crippen LogP contribution in [-0.4, -0.2) is 19.5 Å². The molecule has 0 saturated heterocycles. The highest BCUT2D eigenvalue weighted by Gasteiger charge is 2.19. The smallest absolute Gasteiger partial charge is 0.0894 e. The number of nitrogens with zero attached hydrogens (tertiary/aromatic N) is 4. The molecule has 0 atom stereocenters. The first-order valence-corrected chi connectivity index (χ1v) is 14.5. The maximum absolute atomic E-state index is 5.27. The molecule has 0 aliphatic carbocycles. The molecule has 0 aliphatic heterocycles. The Hall–Kier alpha value is -5.87. The highest BCUT2D eigenvalue weighted by molar-refractivity contribution is 6.29. The quantitative estimate of drug-likeness (QED) is 0.206. The SMILES string of the molecule is c1ccc(-n2c3ccccc3c3c4c(ccc32)c(-c2cccc(-c3ccc5ncccc5n3)c2)nc2ccccc24)cc1. The van der Waals surface area contributed by atoms with Crippen molar-refractivity contribution < 1.29 is 0 Å². The molecule has 4 heteroatoms. The molecule has 0 N–H and O–H groups in total. The van der Waals surface area contributed by atoms with E-state index in [1.54, 1.807) is 6.20 Å². The predicted octanol–water partition coefficient (Wildman–Crippen LogP) is 9.76. The van der Waals surface area contributed by atoms with Crippen molar-refractivity contribution in [3.05, 3.63) is 146 Å². The maximum atomic E-state index is 5.27. The number of para-hydroxylation sites is 3. The van der Waals surface area contributed by atoms with Crippen LogP contribution in [0.25, 0.3) is 82.7 Å². The minimum atomic E-state index is 0.886. The van der Waals surface area contributed by atoms with E-state index in [2.05, 4.69) is 125 Å². The first-order valence-electron chi connectivity index (χ1n) is 14.5. The molecule has 0 saturated carbocycles. The third-order valence-electron chi connectivity index (χ3n) is 8.40. The largest absolute Gasteiger partial charge is 0.309 e. The fourth-order valence-electron chi connectivity index (χ4n) is 6.52. The van der Waals surface area contributed by atoms with Crippen LogP contribution in [0.1, 0.15) is 0 Å². The lowest BCUT2D eigenvalue weighted by Crippen LogP contribution is -1.94. The van der Waals surface area contributed by atoms with E-state index in [4.69, 9.17) is 9.97 Å². The Balaban J connectivity index is 1.36. The van der Waals surface area contributed by atoms with Crippen molar-refractivity contribution in [1.29, 1.82) is 0 Å². The summed E-state index contributed by atoms with van der Waals surface area (Å²) in [4.78, 5) is 14.6. The van der Waals surface area contributed by atoms with E-state index >= 15 is 0 Å². The second kappa shape index (κ2) is 9.33. The molecule has 200 valence electrons. The van der Waals surface area contributed by atoms with E-state index in [0.29, 0.717) is 0 Å². The average Bonchev–Trinajstić information content (AvgIpc) is 3.42. The summed E-state index contributed by atoms with van der Waals surface area (Å²) in [7, 11) is 0. The fraction of sp³-hybridized carbons (Fsp3) is 0.